The SMILES string of the molecule is CCSc1ccc(CNC(=O)c2ccc3c(c2)C(C)(C)CN(C(=O)OC(C)(C)C)C3C(C)C)cc1. The van der Waals surface area contributed by atoms with E-state index in [9.17, 15) is 9.59 Å². The molecule has 3 rings (SSSR count). The second-order valence-electron chi connectivity index (χ2n) is 11.2. The third-order valence-corrected chi connectivity index (χ3v) is 7.11. The topological polar surface area (TPSA) is 58.6 Å². The summed E-state index contributed by atoms with van der Waals surface area (Å²) in [6.07, 6.45) is -0.292. The Morgan fingerprint density at radius 3 is 2.37 bits per heavy atom. The Morgan fingerprint density at radius 2 is 1.80 bits per heavy atom. The van der Waals surface area contributed by atoms with E-state index in [0.717, 1.165) is 22.4 Å². The number of carbonyl (C=O) groups is 2. The summed E-state index contributed by atoms with van der Waals surface area (Å²) in [5.41, 5.74) is 3.04. The Balaban J connectivity index is 1.83. The zero-order chi connectivity index (χ0) is 26.0. The minimum absolute atomic E-state index is 0.0914. The molecule has 1 unspecified atom stereocenters. The summed E-state index contributed by atoms with van der Waals surface area (Å²) in [6.45, 7) is 17.3. The van der Waals surface area contributed by atoms with Crippen molar-refractivity contribution >= 4 is 23.8 Å². The lowest BCUT2D eigenvalue weighted by Gasteiger charge is -2.47. The largest absolute Gasteiger partial charge is 0.444 e. The first kappa shape index (κ1) is 27.1. The lowest BCUT2D eigenvalue weighted by atomic mass is 9.73. The van der Waals surface area contributed by atoms with Gasteiger partial charge in [0.15, 0.2) is 0 Å². The van der Waals surface area contributed by atoms with Crippen LogP contribution >= 0.6 is 11.8 Å². The molecule has 0 fully saturated rings. The van der Waals surface area contributed by atoms with Crippen molar-refractivity contribution in [1.29, 1.82) is 0 Å². The van der Waals surface area contributed by atoms with E-state index in [2.05, 4.69) is 64.2 Å². The summed E-state index contributed by atoms with van der Waals surface area (Å²) in [4.78, 5) is 29.2. The molecule has 0 aliphatic carbocycles. The van der Waals surface area contributed by atoms with Gasteiger partial charge < -0.3 is 15.0 Å². The van der Waals surface area contributed by atoms with Crippen LogP contribution in [0.5, 0.6) is 0 Å². The van der Waals surface area contributed by atoms with Gasteiger partial charge in [-0.25, -0.2) is 4.79 Å². The molecule has 5 nitrogen and oxygen atoms in total. The third kappa shape index (κ3) is 6.60. The number of thioether (sulfide) groups is 1. The zero-order valence-electron chi connectivity index (χ0n) is 22.4. The molecule has 1 aliphatic heterocycles. The highest BCUT2D eigenvalue weighted by Gasteiger charge is 2.42. The second kappa shape index (κ2) is 10.7. The van der Waals surface area contributed by atoms with Crippen LogP contribution in [0.25, 0.3) is 0 Å². The van der Waals surface area contributed by atoms with E-state index in [1.807, 2.05) is 43.9 Å². The van der Waals surface area contributed by atoms with E-state index in [-0.39, 0.29) is 29.4 Å². The highest BCUT2D eigenvalue weighted by Crippen LogP contribution is 2.43. The maximum atomic E-state index is 13.1. The smallest absolute Gasteiger partial charge is 0.410 e. The van der Waals surface area contributed by atoms with Crippen LogP contribution in [0.4, 0.5) is 4.79 Å². The molecule has 0 saturated carbocycles. The van der Waals surface area contributed by atoms with Crippen LogP contribution in [0.2, 0.25) is 0 Å². The molecule has 0 radical (unpaired) electrons. The van der Waals surface area contributed by atoms with Gasteiger partial charge in [0.2, 0.25) is 0 Å². The molecule has 6 heteroatoms. The molecule has 2 aromatic carbocycles. The van der Waals surface area contributed by atoms with Crippen molar-refractivity contribution in [1.82, 2.24) is 10.2 Å². The molecule has 1 heterocycles. The molecular weight excluding hydrogens is 456 g/mol. The summed E-state index contributed by atoms with van der Waals surface area (Å²) in [7, 11) is 0. The van der Waals surface area contributed by atoms with Crippen LogP contribution in [0, 0.1) is 5.92 Å². The van der Waals surface area contributed by atoms with Crippen LogP contribution < -0.4 is 5.32 Å². The van der Waals surface area contributed by atoms with Crippen molar-refractivity contribution in [2.75, 3.05) is 12.3 Å². The highest BCUT2D eigenvalue weighted by atomic mass is 32.2. The van der Waals surface area contributed by atoms with E-state index in [1.165, 1.54) is 4.90 Å². The molecule has 2 aromatic rings. The highest BCUT2D eigenvalue weighted by molar-refractivity contribution is 7.99. The lowest BCUT2D eigenvalue weighted by Crippen LogP contribution is -2.50. The van der Waals surface area contributed by atoms with Gasteiger partial charge in [0, 0.05) is 29.0 Å². The van der Waals surface area contributed by atoms with Gasteiger partial charge in [0.05, 0.1) is 6.04 Å². The normalized spacial score (nSPS) is 17.2. The van der Waals surface area contributed by atoms with E-state index in [1.54, 1.807) is 11.8 Å². The van der Waals surface area contributed by atoms with Gasteiger partial charge in [-0.2, -0.15) is 0 Å². The Morgan fingerprint density at radius 1 is 1.14 bits per heavy atom. The van der Waals surface area contributed by atoms with Crippen molar-refractivity contribution in [3.8, 4) is 0 Å². The number of hydrogen-bond donors (Lipinski definition) is 1. The van der Waals surface area contributed by atoms with Gasteiger partial charge in [-0.05, 0) is 73.4 Å². The van der Waals surface area contributed by atoms with Gasteiger partial charge in [-0.3, -0.25) is 4.79 Å². The standard InChI is InChI=1S/C29H40N2O3S/c1-9-35-22-13-10-20(11-14-22)17-30-26(32)21-12-15-23-24(16-21)29(7,8)18-31(25(23)19(2)3)27(33)34-28(4,5)6/h10-16,19,25H,9,17-18H2,1-8H3,(H,30,32). The minimum Gasteiger partial charge on any atom is -0.444 e. The first-order chi connectivity index (χ1) is 16.3. The molecule has 1 N–H and O–H groups in total. The Labute approximate surface area is 215 Å². The Bertz CT molecular complexity index is 1050. The number of fused-ring (bicyclic) bond motifs is 1. The number of amides is 2. The van der Waals surface area contributed by atoms with E-state index >= 15 is 0 Å². The van der Waals surface area contributed by atoms with Gasteiger partial charge >= 0.3 is 6.09 Å². The summed E-state index contributed by atoms with van der Waals surface area (Å²) in [6, 6.07) is 14.1. The average Bonchev–Trinajstić information content (AvgIpc) is 2.76. The molecule has 0 saturated heterocycles. The number of ether oxygens (including phenoxy) is 1. The summed E-state index contributed by atoms with van der Waals surface area (Å²) in [5.74, 6) is 1.15. The third-order valence-electron chi connectivity index (χ3n) is 6.21. The minimum atomic E-state index is -0.555. The van der Waals surface area contributed by atoms with Gasteiger partial charge in [0.25, 0.3) is 5.91 Å². The Hall–Kier alpha value is -2.47. The van der Waals surface area contributed by atoms with Crippen LogP contribution in [-0.4, -0.2) is 34.8 Å². The predicted molar refractivity (Wildman–Crippen MR) is 144 cm³/mol. The van der Waals surface area contributed by atoms with E-state index < -0.39 is 5.60 Å². The first-order valence-corrected chi connectivity index (χ1v) is 13.4. The molecule has 0 aromatic heterocycles. The van der Waals surface area contributed by atoms with Crippen molar-refractivity contribution < 1.29 is 14.3 Å². The Kier molecular flexibility index (Phi) is 8.25. The fraction of sp³-hybridized carbons (Fsp3) is 0.517. The maximum absolute atomic E-state index is 13.1. The van der Waals surface area contributed by atoms with Crippen molar-refractivity contribution in [2.24, 2.45) is 5.92 Å². The van der Waals surface area contributed by atoms with Crippen molar-refractivity contribution in [2.45, 2.75) is 83.9 Å². The fourth-order valence-corrected chi connectivity index (χ4v) is 5.35. The van der Waals surface area contributed by atoms with E-state index in [0.29, 0.717) is 18.7 Å². The van der Waals surface area contributed by atoms with Crippen LogP contribution in [-0.2, 0) is 16.7 Å². The summed E-state index contributed by atoms with van der Waals surface area (Å²) >= 11 is 1.80. The number of benzene rings is 2. The molecule has 35 heavy (non-hydrogen) atoms. The molecule has 0 spiro atoms. The second-order valence-corrected chi connectivity index (χ2v) is 12.6. The summed E-state index contributed by atoms with van der Waals surface area (Å²) in [5, 5.41) is 3.06. The van der Waals surface area contributed by atoms with Gasteiger partial charge in [-0.15, -0.1) is 11.8 Å². The monoisotopic (exact) mass is 496 g/mol. The number of rotatable bonds is 6. The molecule has 1 aliphatic rings. The fourth-order valence-electron chi connectivity index (χ4n) is 4.69. The van der Waals surface area contributed by atoms with Crippen LogP contribution in [0.15, 0.2) is 47.4 Å². The van der Waals surface area contributed by atoms with Crippen LogP contribution in [0.3, 0.4) is 0 Å². The predicted octanol–water partition coefficient (Wildman–Crippen LogP) is 6.95. The quantitative estimate of drug-likeness (QED) is 0.440. The van der Waals surface area contributed by atoms with Crippen molar-refractivity contribution in [3.63, 3.8) is 0 Å². The maximum Gasteiger partial charge on any atom is 0.410 e. The number of nitrogens with one attached hydrogen (secondary N) is 1. The van der Waals surface area contributed by atoms with E-state index in [4.69, 9.17) is 4.74 Å². The van der Waals surface area contributed by atoms with Crippen LogP contribution in [0.1, 0.15) is 88.5 Å². The van der Waals surface area contributed by atoms with Gasteiger partial charge in [-0.1, -0.05) is 52.8 Å². The molecule has 2 amide bonds. The number of nitrogens with zero attached hydrogens (tertiary/aromatic N) is 1. The molecule has 0 bridgehead atoms. The number of carbonyl (C=O) groups excluding carboxylic acids is 2. The first-order valence-electron chi connectivity index (χ1n) is 12.5. The zero-order valence-corrected chi connectivity index (χ0v) is 23.2. The lowest BCUT2D eigenvalue weighted by molar-refractivity contribution is 0.00183. The summed E-state index contributed by atoms with van der Waals surface area (Å²) < 4.78 is 5.74. The average molecular weight is 497 g/mol. The molecule has 190 valence electrons. The van der Waals surface area contributed by atoms with Crippen molar-refractivity contribution in [3.05, 3.63) is 64.7 Å². The molecular formula is C29H40N2O3S. The molecule has 1 atom stereocenters. The van der Waals surface area contributed by atoms with Gasteiger partial charge in [0.1, 0.15) is 5.60 Å². The number of hydrogen-bond acceptors (Lipinski definition) is 4.